The summed E-state index contributed by atoms with van der Waals surface area (Å²) in [7, 11) is -2.44. The fraction of sp³-hybridized carbons (Fsp3) is 0.421. The number of hydrogen-bond donors (Lipinski definition) is 3. The summed E-state index contributed by atoms with van der Waals surface area (Å²) >= 11 is 0. The number of halogens is 3. The number of nitrogens with zero attached hydrogens (tertiary/aromatic N) is 1. The second-order valence-electron chi connectivity index (χ2n) is 5.55. The number of nitrogens with two attached hydrogens (primary N) is 1. The Kier molecular flexibility index (Phi) is 10.9. The molecule has 0 amide bonds. The molecule has 168 valence electrons. The highest BCUT2D eigenvalue weighted by atomic mass is 19.4. The van der Waals surface area contributed by atoms with Gasteiger partial charge in [-0.05, 0) is 37.0 Å². The minimum atomic E-state index is -4.40. The van der Waals surface area contributed by atoms with Crippen LogP contribution in [0, 0.1) is 0 Å². The van der Waals surface area contributed by atoms with Crippen molar-refractivity contribution < 1.29 is 46.7 Å². The normalized spacial score (nSPS) is 13.6. The second kappa shape index (κ2) is 15.0. The van der Waals surface area contributed by atoms with Gasteiger partial charge >= 0.3 is 18.1 Å². The first-order valence-electron chi connectivity index (χ1n) is 10.1. The van der Waals surface area contributed by atoms with E-state index in [-0.39, 0.29) is 19.8 Å². The van der Waals surface area contributed by atoms with Crippen molar-refractivity contribution in [3.05, 3.63) is 47.5 Å². The largest absolute Gasteiger partial charge is 0.478 e. The van der Waals surface area contributed by atoms with Gasteiger partial charge in [0.25, 0.3) is 0 Å². The van der Waals surface area contributed by atoms with Crippen molar-refractivity contribution in [1.82, 2.24) is 0 Å². The van der Waals surface area contributed by atoms with Crippen molar-refractivity contribution in [1.29, 1.82) is 0 Å². The van der Waals surface area contributed by atoms with E-state index in [9.17, 15) is 22.8 Å². The zero-order valence-corrected chi connectivity index (χ0v) is 15.9. The first-order valence-corrected chi connectivity index (χ1v) is 8.60. The first kappa shape index (κ1) is 21.8. The van der Waals surface area contributed by atoms with E-state index in [0.717, 1.165) is 12.1 Å². The second-order valence-corrected chi connectivity index (χ2v) is 5.55. The van der Waals surface area contributed by atoms with Crippen LogP contribution in [0.15, 0.2) is 41.6 Å². The molecule has 11 heteroatoms. The van der Waals surface area contributed by atoms with E-state index in [1.165, 1.54) is 12.1 Å². The fourth-order valence-corrected chi connectivity index (χ4v) is 1.88. The first-order chi connectivity index (χ1) is 15.3. The quantitative estimate of drug-likeness (QED) is 0.210. The van der Waals surface area contributed by atoms with Crippen molar-refractivity contribution in [3.8, 4) is 0 Å². The highest BCUT2D eigenvalue weighted by Gasteiger charge is 2.30. The number of ether oxygens (including phenoxy) is 1. The molecular weight excluding hydrogens is 409 g/mol. The van der Waals surface area contributed by atoms with Gasteiger partial charge in [0.15, 0.2) is 0 Å². The van der Waals surface area contributed by atoms with Crippen LogP contribution in [0.1, 0.15) is 34.5 Å². The lowest BCUT2D eigenvalue weighted by Gasteiger charge is -2.10. The molecule has 0 saturated carbocycles. The number of aliphatic carboxylic acids is 2. The van der Waals surface area contributed by atoms with Crippen molar-refractivity contribution in [2.24, 2.45) is 10.9 Å². The fourth-order valence-electron chi connectivity index (χ4n) is 1.88. The Bertz CT molecular complexity index is 781. The van der Waals surface area contributed by atoms with E-state index < -0.39 is 30.7 Å². The van der Waals surface area contributed by atoms with E-state index in [0.29, 0.717) is 42.7 Å². The number of carboxylic acid groups (broad SMARTS) is 2. The van der Waals surface area contributed by atoms with E-state index in [1.807, 2.05) is 0 Å². The average Bonchev–Trinajstić information content (AvgIpc) is 2.70. The molecule has 0 bridgehead atoms. The summed E-state index contributed by atoms with van der Waals surface area (Å²) < 4.78 is 63.3. The third-order valence-corrected chi connectivity index (χ3v) is 3.21. The van der Waals surface area contributed by atoms with Gasteiger partial charge in [-0.3, -0.25) is 0 Å². The molecule has 0 radical (unpaired) electrons. The summed E-state index contributed by atoms with van der Waals surface area (Å²) in [6.07, 6.45) is -1.87. The summed E-state index contributed by atoms with van der Waals surface area (Å²) in [5.74, 6) is -2.51. The van der Waals surface area contributed by atoms with Crippen molar-refractivity contribution in [2.75, 3.05) is 26.8 Å². The van der Waals surface area contributed by atoms with Gasteiger partial charge in [-0.25, -0.2) is 9.59 Å². The molecule has 0 aliphatic heterocycles. The monoisotopic (exact) mass is 437 g/mol. The van der Waals surface area contributed by atoms with Crippen LogP contribution in [0.5, 0.6) is 0 Å². The zero-order valence-electron chi connectivity index (χ0n) is 18.9. The molecule has 0 saturated heterocycles. The van der Waals surface area contributed by atoms with Gasteiger partial charge < -0.3 is 25.5 Å². The molecule has 0 fully saturated rings. The molecule has 0 atom stereocenters. The van der Waals surface area contributed by atoms with Crippen LogP contribution in [-0.2, 0) is 25.3 Å². The van der Waals surface area contributed by atoms with E-state index in [1.54, 1.807) is 0 Å². The minimum Gasteiger partial charge on any atom is -0.478 e. The number of carbonyl (C=O) groups is 2. The van der Waals surface area contributed by atoms with Gasteiger partial charge in [-0.1, -0.05) is 17.3 Å². The van der Waals surface area contributed by atoms with Crippen LogP contribution in [0.2, 0.25) is 0 Å². The number of oxime groups is 1. The number of carboxylic acids is 2. The molecule has 0 spiro atoms. The maximum atomic E-state index is 12.6. The van der Waals surface area contributed by atoms with E-state index >= 15 is 0 Å². The predicted octanol–water partition coefficient (Wildman–Crippen LogP) is 2.91. The lowest BCUT2D eigenvalue weighted by molar-refractivity contribution is -0.137. The maximum Gasteiger partial charge on any atom is 0.416 e. The third-order valence-electron chi connectivity index (χ3n) is 3.21. The van der Waals surface area contributed by atoms with Crippen LogP contribution in [-0.4, -0.2) is 54.7 Å². The van der Waals surface area contributed by atoms with Crippen LogP contribution in [0.4, 0.5) is 13.2 Å². The summed E-state index contributed by atoms with van der Waals surface area (Å²) in [6.45, 7) is 0.503. The molecule has 8 nitrogen and oxygen atoms in total. The lowest BCUT2D eigenvalue weighted by Crippen LogP contribution is -2.09. The van der Waals surface area contributed by atoms with Crippen molar-refractivity contribution in [2.45, 2.75) is 25.4 Å². The molecule has 1 aromatic rings. The topological polar surface area (TPSA) is 131 Å². The number of alkyl halides is 3. The van der Waals surface area contributed by atoms with Crippen LogP contribution in [0.3, 0.4) is 0 Å². The molecule has 0 aliphatic rings. The molecule has 1 aromatic carbocycles. The Morgan fingerprint density at radius 3 is 2.20 bits per heavy atom. The summed E-state index contributed by atoms with van der Waals surface area (Å²) in [4.78, 5) is 24.1. The van der Waals surface area contributed by atoms with Crippen LogP contribution in [0.25, 0.3) is 0 Å². The molecule has 30 heavy (non-hydrogen) atoms. The van der Waals surface area contributed by atoms with Gasteiger partial charge in [0, 0.05) is 32.3 Å². The van der Waals surface area contributed by atoms with Crippen LogP contribution < -0.4 is 5.73 Å². The molecule has 0 aliphatic carbocycles. The Morgan fingerprint density at radius 1 is 1.13 bits per heavy atom. The SMILES string of the molecule is O=C(O)/C=C\C(=O)O.[2H]C([2H])([2H])OCCCC/C(=N/OCCN)c1ccc(C(F)(F)F)cc1. The average molecular weight is 437 g/mol. The van der Waals surface area contributed by atoms with Gasteiger partial charge in [0.1, 0.15) is 6.61 Å². The maximum absolute atomic E-state index is 12.6. The number of rotatable bonds is 11. The van der Waals surface area contributed by atoms with E-state index in [2.05, 4.69) is 9.89 Å². The smallest absolute Gasteiger partial charge is 0.416 e. The Morgan fingerprint density at radius 2 is 1.73 bits per heavy atom. The molecule has 0 aromatic heterocycles. The number of hydrogen-bond acceptors (Lipinski definition) is 6. The van der Waals surface area contributed by atoms with Gasteiger partial charge in [0.2, 0.25) is 0 Å². The Hall–Kier alpha value is -2.92. The van der Waals surface area contributed by atoms with E-state index in [4.69, 9.17) is 24.9 Å². The summed E-state index contributed by atoms with van der Waals surface area (Å²) in [5, 5.41) is 19.5. The molecule has 0 heterocycles. The molecular formula is C19H25F3N2O6. The summed E-state index contributed by atoms with van der Waals surface area (Å²) in [6, 6.07) is 4.61. The van der Waals surface area contributed by atoms with Gasteiger partial charge in [0.05, 0.1) is 15.4 Å². The van der Waals surface area contributed by atoms with Crippen molar-refractivity contribution >= 4 is 17.7 Å². The molecule has 1 rings (SSSR count). The van der Waals surface area contributed by atoms with Crippen molar-refractivity contribution in [3.63, 3.8) is 0 Å². The van der Waals surface area contributed by atoms with Gasteiger partial charge in [-0.2, -0.15) is 13.2 Å². The Labute approximate surface area is 176 Å². The van der Waals surface area contributed by atoms with Gasteiger partial charge in [-0.15, -0.1) is 0 Å². The zero-order chi connectivity index (χ0) is 25.5. The van der Waals surface area contributed by atoms with Crippen LogP contribution >= 0.6 is 0 Å². The molecule has 4 N–H and O–H groups in total. The number of benzene rings is 1. The highest BCUT2D eigenvalue weighted by Crippen LogP contribution is 2.29. The number of methoxy groups -OCH3 is 1. The highest BCUT2D eigenvalue weighted by molar-refractivity contribution is 6.00. The standard InChI is InChI=1S/C15H21F3N2O2.C4H4O4/c1-21-10-3-2-4-14(20-22-11-9-19)12-5-7-13(8-6-12)15(16,17)18;5-3(6)1-2-4(7)8/h5-8H,2-4,9-11,19H2,1H3;1-2H,(H,5,6)(H,7,8)/b20-14-;2-1-/i1D3;. The summed E-state index contributed by atoms with van der Waals surface area (Å²) in [5.41, 5.74) is 5.54. The minimum absolute atomic E-state index is 0.0560. The Balaban J connectivity index is 0.00000109. The lowest BCUT2D eigenvalue weighted by atomic mass is 10.0. The number of unbranched alkanes of at least 4 members (excludes halogenated alkanes) is 1. The molecule has 0 unspecified atom stereocenters. The third kappa shape index (κ3) is 13.3. The predicted molar refractivity (Wildman–Crippen MR) is 103 cm³/mol.